The molecule has 7 nitrogen and oxygen atoms in total. The third kappa shape index (κ3) is 2.61. The average molecular weight is 348 g/mol. The summed E-state index contributed by atoms with van der Waals surface area (Å²) < 4.78 is 44.0. The standard InChI is InChI=1S/C15H11F3N6O/c1-25-12-3-10-7(4-21-24-10)2-11(12)22-14-20-5-8-9(15(16,17)18)6-19-13(8)23-14/h2-6H,1H3,(H,21,24)(H2,19,20,22,23). The number of methoxy groups -OCH3 is 1. The molecule has 4 rings (SSSR count). The van der Waals surface area contributed by atoms with E-state index < -0.39 is 11.7 Å². The molecule has 25 heavy (non-hydrogen) atoms. The van der Waals surface area contributed by atoms with Crippen molar-refractivity contribution in [2.45, 2.75) is 6.18 Å². The van der Waals surface area contributed by atoms with Gasteiger partial charge in [-0.15, -0.1) is 0 Å². The van der Waals surface area contributed by atoms with E-state index in [4.69, 9.17) is 4.74 Å². The number of fused-ring (bicyclic) bond motifs is 2. The number of aromatic amines is 2. The fourth-order valence-corrected chi connectivity index (χ4v) is 2.56. The van der Waals surface area contributed by atoms with Gasteiger partial charge in [0.2, 0.25) is 5.95 Å². The van der Waals surface area contributed by atoms with Gasteiger partial charge in [-0.1, -0.05) is 0 Å². The van der Waals surface area contributed by atoms with Crippen molar-refractivity contribution in [3.63, 3.8) is 0 Å². The van der Waals surface area contributed by atoms with Crippen LogP contribution in [0.5, 0.6) is 5.75 Å². The molecule has 128 valence electrons. The van der Waals surface area contributed by atoms with Crippen molar-refractivity contribution < 1.29 is 17.9 Å². The number of ether oxygens (including phenoxy) is 1. The van der Waals surface area contributed by atoms with Gasteiger partial charge in [-0.3, -0.25) is 5.10 Å². The van der Waals surface area contributed by atoms with E-state index in [1.54, 1.807) is 18.3 Å². The van der Waals surface area contributed by atoms with Crippen molar-refractivity contribution in [3.8, 4) is 5.75 Å². The SMILES string of the molecule is COc1cc2[nH]ncc2cc1Nc1ncc2c(C(F)(F)F)c[nH]c2n1. The van der Waals surface area contributed by atoms with Crippen molar-refractivity contribution in [2.75, 3.05) is 12.4 Å². The molecule has 0 aliphatic heterocycles. The summed E-state index contributed by atoms with van der Waals surface area (Å²) in [5.41, 5.74) is 0.649. The minimum absolute atomic E-state index is 0.0877. The van der Waals surface area contributed by atoms with E-state index in [2.05, 4.69) is 30.5 Å². The molecular weight excluding hydrogens is 337 g/mol. The Bertz CT molecular complexity index is 1070. The number of alkyl halides is 3. The van der Waals surface area contributed by atoms with Crippen LogP contribution in [0.2, 0.25) is 0 Å². The first-order valence-electron chi connectivity index (χ1n) is 7.15. The average Bonchev–Trinajstić information content (AvgIpc) is 3.18. The lowest BCUT2D eigenvalue weighted by atomic mass is 10.2. The predicted octanol–water partition coefficient (Wildman–Crippen LogP) is 3.61. The lowest BCUT2D eigenvalue weighted by Gasteiger charge is -2.10. The minimum Gasteiger partial charge on any atom is -0.494 e. The van der Waals surface area contributed by atoms with Gasteiger partial charge in [0.1, 0.15) is 11.4 Å². The number of nitrogens with one attached hydrogen (secondary N) is 3. The summed E-state index contributed by atoms with van der Waals surface area (Å²) in [7, 11) is 1.51. The topological polar surface area (TPSA) is 91.5 Å². The Morgan fingerprint density at radius 2 is 2.04 bits per heavy atom. The molecule has 0 unspecified atom stereocenters. The van der Waals surface area contributed by atoms with Gasteiger partial charge in [0.05, 0.1) is 30.1 Å². The van der Waals surface area contributed by atoms with Gasteiger partial charge >= 0.3 is 6.18 Å². The molecule has 3 N–H and O–H groups in total. The molecule has 0 fully saturated rings. The maximum atomic E-state index is 12.9. The van der Waals surface area contributed by atoms with E-state index in [-0.39, 0.29) is 17.0 Å². The number of aromatic nitrogens is 5. The molecule has 10 heteroatoms. The zero-order chi connectivity index (χ0) is 17.6. The van der Waals surface area contributed by atoms with Gasteiger partial charge in [0.15, 0.2) is 0 Å². The predicted molar refractivity (Wildman–Crippen MR) is 84.8 cm³/mol. The van der Waals surface area contributed by atoms with Gasteiger partial charge in [-0.2, -0.15) is 23.3 Å². The highest BCUT2D eigenvalue weighted by atomic mass is 19.4. The third-order valence-corrected chi connectivity index (χ3v) is 3.74. The van der Waals surface area contributed by atoms with Gasteiger partial charge < -0.3 is 15.0 Å². The monoisotopic (exact) mass is 348 g/mol. The Morgan fingerprint density at radius 3 is 2.80 bits per heavy atom. The summed E-state index contributed by atoms with van der Waals surface area (Å²) in [6, 6.07) is 3.53. The van der Waals surface area contributed by atoms with Gasteiger partial charge in [0, 0.05) is 29.2 Å². The molecule has 0 bridgehead atoms. The van der Waals surface area contributed by atoms with Crippen LogP contribution in [0, 0.1) is 0 Å². The summed E-state index contributed by atoms with van der Waals surface area (Å²) in [5, 5.41) is 10.5. The number of rotatable bonds is 3. The number of anilines is 2. The molecular formula is C15H11F3N6O. The number of H-pyrrole nitrogens is 2. The molecule has 3 aromatic heterocycles. The first kappa shape index (κ1) is 15.2. The number of hydrogen-bond donors (Lipinski definition) is 3. The van der Waals surface area contributed by atoms with Crippen LogP contribution in [0.15, 0.2) is 30.7 Å². The van der Waals surface area contributed by atoms with Crippen LogP contribution in [0.25, 0.3) is 21.9 Å². The zero-order valence-corrected chi connectivity index (χ0v) is 12.8. The Hall–Kier alpha value is -3.30. The Kier molecular flexibility index (Phi) is 3.27. The second-order valence-corrected chi connectivity index (χ2v) is 5.29. The smallest absolute Gasteiger partial charge is 0.418 e. The first-order valence-corrected chi connectivity index (χ1v) is 7.15. The van der Waals surface area contributed by atoms with Gasteiger partial charge in [-0.05, 0) is 6.07 Å². The molecule has 0 amide bonds. The Balaban J connectivity index is 1.73. The van der Waals surface area contributed by atoms with Crippen molar-refractivity contribution >= 4 is 33.6 Å². The maximum Gasteiger partial charge on any atom is 0.418 e. The summed E-state index contributed by atoms with van der Waals surface area (Å²) in [6.45, 7) is 0. The second kappa shape index (κ2) is 5.36. The van der Waals surface area contributed by atoms with Crippen molar-refractivity contribution in [1.29, 1.82) is 0 Å². The molecule has 0 aliphatic rings. The third-order valence-electron chi connectivity index (χ3n) is 3.74. The molecule has 0 saturated carbocycles. The zero-order valence-electron chi connectivity index (χ0n) is 12.8. The quantitative estimate of drug-likeness (QED) is 0.526. The summed E-state index contributed by atoms with van der Waals surface area (Å²) >= 11 is 0. The van der Waals surface area contributed by atoms with E-state index in [9.17, 15) is 13.2 Å². The van der Waals surface area contributed by atoms with Gasteiger partial charge in [0.25, 0.3) is 0 Å². The highest BCUT2D eigenvalue weighted by Gasteiger charge is 2.34. The number of hydrogen-bond acceptors (Lipinski definition) is 5. The van der Waals surface area contributed by atoms with E-state index in [1.807, 2.05) is 0 Å². The van der Waals surface area contributed by atoms with E-state index in [0.717, 1.165) is 23.3 Å². The van der Waals surface area contributed by atoms with Crippen LogP contribution in [-0.2, 0) is 6.18 Å². The van der Waals surface area contributed by atoms with Crippen LogP contribution < -0.4 is 10.1 Å². The van der Waals surface area contributed by atoms with Crippen LogP contribution in [0.1, 0.15) is 5.56 Å². The minimum atomic E-state index is -4.47. The van der Waals surface area contributed by atoms with Crippen LogP contribution >= 0.6 is 0 Å². The number of benzene rings is 1. The van der Waals surface area contributed by atoms with E-state index in [1.165, 1.54) is 7.11 Å². The fourth-order valence-electron chi connectivity index (χ4n) is 2.56. The number of nitrogens with zero attached hydrogens (tertiary/aromatic N) is 3. The normalized spacial score (nSPS) is 12.0. The Morgan fingerprint density at radius 1 is 1.20 bits per heavy atom. The molecule has 0 aliphatic carbocycles. The highest BCUT2D eigenvalue weighted by molar-refractivity contribution is 5.87. The summed E-state index contributed by atoms with van der Waals surface area (Å²) in [6.07, 6.45) is -0.815. The van der Waals surface area contributed by atoms with Crippen LogP contribution in [-0.4, -0.2) is 32.3 Å². The fraction of sp³-hybridized carbons (Fsp3) is 0.133. The number of halogens is 3. The van der Waals surface area contributed by atoms with E-state index >= 15 is 0 Å². The molecule has 0 atom stereocenters. The largest absolute Gasteiger partial charge is 0.494 e. The first-order chi connectivity index (χ1) is 12.0. The molecule has 4 aromatic rings. The molecule has 0 radical (unpaired) electrons. The van der Waals surface area contributed by atoms with Crippen molar-refractivity contribution in [3.05, 3.63) is 36.3 Å². The van der Waals surface area contributed by atoms with E-state index in [0.29, 0.717) is 11.4 Å². The van der Waals surface area contributed by atoms with Crippen molar-refractivity contribution in [1.82, 2.24) is 25.1 Å². The Labute approximate surface area is 138 Å². The lowest BCUT2D eigenvalue weighted by Crippen LogP contribution is -2.04. The van der Waals surface area contributed by atoms with Crippen LogP contribution in [0.3, 0.4) is 0 Å². The van der Waals surface area contributed by atoms with Crippen LogP contribution in [0.4, 0.5) is 24.8 Å². The maximum absolute atomic E-state index is 12.9. The second-order valence-electron chi connectivity index (χ2n) is 5.29. The summed E-state index contributed by atoms with van der Waals surface area (Å²) in [4.78, 5) is 10.6. The molecule has 1 aromatic carbocycles. The molecule has 3 heterocycles. The van der Waals surface area contributed by atoms with Gasteiger partial charge in [-0.25, -0.2) is 4.98 Å². The highest BCUT2D eigenvalue weighted by Crippen LogP contribution is 2.35. The molecule has 0 spiro atoms. The van der Waals surface area contributed by atoms with Crippen molar-refractivity contribution in [2.24, 2.45) is 0 Å². The molecule has 0 saturated heterocycles. The lowest BCUT2D eigenvalue weighted by molar-refractivity contribution is -0.136. The summed E-state index contributed by atoms with van der Waals surface area (Å²) in [5.74, 6) is 0.659.